The summed E-state index contributed by atoms with van der Waals surface area (Å²) < 4.78 is 12.9. The first-order chi connectivity index (χ1) is 6.47. The molecule has 3 heteroatoms. The highest BCUT2D eigenvalue weighted by Crippen LogP contribution is 2.22. The highest BCUT2D eigenvalue weighted by Gasteiger charge is 2.22. The fourth-order valence-corrected chi connectivity index (χ4v) is 1.13. The van der Waals surface area contributed by atoms with Crippen LogP contribution in [-0.2, 0) is 0 Å². The molecule has 0 spiro atoms. The molecule has 0 N–H and O–H groups in total. The Hall–Kier alpha value is -1.12. The lowest BCUT2D eigenvalue weighted by molar-refractivity contribution is 0.463. The fraction of sp³-hybridized carbons (Fsp3) is 0.545. The van der Waals surface area contributed by atoms with Crippen molar-refractivity contribution in [3.05, 3.63) is 24.1 Å². The molecule has 0 saturated carbocycles. The van der Waals surface area contributed by atoms with Gasteiger partial charge in [0.15, 0.2) is 0 Å². The minimum absolute atomic E-state index is 0.000787. The smallest absolute Gasteiger partial charge is 0.214 e. The largest absolute Gasteiger partial charge is 0.354 e. The molecule has 2 nitrogen and oxygen atoms in total. The van der Waals surface area contributed by atoms with Gasteiger partial charge in [-0.1, -0.05) is 13.0 Å². The first-order valence-corrected chi connectivity index (χ1v) is 4.84. The van der Waals surface area contributed by atoms with Crippen LogP contribution in [0.1, 0.15) is 27.2 Å². The topological polar surface area (TPSA) is 16.1 Å². The van der Waals surface area contributed by atoms with E-state index >= 15 is 0 Å². The molecule has 0 amide bonds. The lowest BCUT2D eigenvalue weighted by Gasteiger charge is -2.35. The van der Waals surface area contributed by atoms with E-state index in [4.69, 9.17) is 0 Å². The first kappa shape index (κ1) is 11.0. The summed E-state index contributed by atoms with van der Waals surface area (Å²) in [7, 11) is 1.94. The molecule has 1 heterocycles. The molecule has 1 aromatic heterocycles. The second-order valence-corrected chi connectivity index (χ2v) is 4.04. The maximum Gasteiger partial charge on any atom is 0.214 e. The standard InChI is InChI=1S/C11H17FN2/c1-5-11(2,3)14(4)10-8-6-7-9(12)13-10/h6-8H,5H2,1-4H3. The zero-order chi connectivity index (χ0) is 10.8. The average Bonchev–Trinajstić information content (AvgIpc) is 2.16. The number of hydrogen-bond acceptors (Lipinski definition) is 2. The van der Waals surface area contributed by atoms with Crippen LogP contribution in [-0.4, -0.2) is 17.6 Å². The SMILES string of the molecule is CCC(C)(C)N(C)c1cccc(F)n1. The molecular weight excluding hydrogens is 179 g/mol. The summed E-state index contributed by atoms with van der Waals surface area (Å²) in [6.07, 6.45) is 0.988. The molecule has 78 valence electrons. The predicted molar refractivity (Wildman–Crippen MR) is 57.0 cm³/mol. The third-order valence-corrected chi connectivity index (χ3v) is 2.82. The van der Waals surface area contributed by atoms with Crippen LogP contribution in [0, 0.1) is 5.95 Å². The number of anilines is 1. The Kier molecular flexibility index (Phi) is 3.09. The molecule has 0 saturated heterocycles. The van der Waals surface area contributed by atoms with Crippen LogP contribution in [0.15, 0.2) is 18.2 Å². The van der Waals surface area contributed by atoms with Gasteiger partial charge in [0.2, 0.25) is 5.95 Å². The molecule has 0 bridgehead atoms. The monoisotopic (exact) mass is 196 g/mol. The molecule has 0 fully saturated rings. The van der Waals surface area contributed by atoms with Crippen molar-refractivity contribution < 1.29 is 4.39 Å². The first-order valence-electron chi connectivity index (χ1n) is 4.84. The predicted octanol–water partition coefficient (Wildman–Crippen LogP) is 2.85. The van der Waals surface area contributed by atoms with Gasteiger partial charge in [-0.15, -0.1) is 0 Å². The van der Waals surface area contributed by atoms with E-state index in [-0.39, 0.29) is 5.54 Å². The van der Waals surface area contributed by atoms with E-state index in [0.29, 0.717) is 5.82 Å². The molecule has 0 aliphatic carbocycles. The molecule has 0 radical (unpaired) electrons. The molecule has 0 aliphatic rings. The van der Waals surface area contributed by atoms with E-state index in [1.807, 2.05) is 18.0 Å². The van der Waals surface area contributed by atoms with Crippen molar-refractivity contribution >= 4 is 5.82 Å². The van der Waals surface area contributed by atoms with Crippen molar-refractivity contribution in [2.24, 2.45) is 0 Å². The second kappa shape index (κ2) is 3.95. The van der Waals surface area contributed by atoms with Crippen LogP contribution in [0.5, 0.6) is 0 Å². The van der Waals surface area contributed by atoms with Gasteiger partial charge in [0, 0.05) is 12.6 Å². The zero-order valence-electron chi connectivity index (χ0n) is 9.21. The van der Waals surface area contributed by atoms with Crippen LogP contribution in [0.2, 0.25) is 0 Å². The lowest BCUT2D eigenvalue weighted by atomic mass is 10.00. The van der Waals surface area contributed by atoms with Gasteiger partial charge < -0.3 is 4.90 Å². The Balaban J connectivity index is 2.94. The van der Waals surface area contributed by atoms with Crippen molar-refractivity contribution in [1.82, 2.24) is 4.98 Å². The highest BCUT2D eigenvalue weighted by atomic mass is 19.1. The summed E-state index contributed by atoms with van der Waals surface area (Å²) >= 11 is 0. The Bertz CT molecular complexity index is 310. The Labute approximate surface area is 84.8 Å². The molecule has 14 heavy (non-hydrogen) atoms. The quantitative estimate of drug-likeness (QED) is 0.691. The number of hydrogen-bond donors (Lipinski definition) is 0. The lowest BCUT2D eigenvalue weighted by Crippen LogP contribution is -2.41. The maximum atomic E-state index is 12.9. The van der Waals surface area contributed by atoms with Gasteiger partial charge in [-0.05, 0) is 32.4 Å². The summed E-state index contributed by atoms with van der Waals surface area (Å²) in [6.45, 7) is 6.33. The van der Waals surface area contributed by atoms with Crippen molar-refractivity contribution in [2.75, 3.05) is 11.9 Å². The molecule has 0 atom stereocenters. The van der Waals surface area contributed by atoms with Gasteiger partial charge in [0.05, 0.1) is 0 Å². The van der Waals surface area contributed by atoms with E-state index in [1.165, 1.54) is 6.07 Å². The maximum absolute atomic E-state index is 12.9. The van der Waals surface area contributed by atoms with Gasteiger partial charge in [0.25, 0.3) is 0 Å². The zero-order valence-corrected chi connectivity index (χ0v) is 9.21. The van der Waals surface area contributed by atoms with E-state index in [0.717, 1.165) is 6.42 Å². The third kappa shape index (κ3) is 2.22. The van der Waals surface area contributed by atoms with Crippen molar-refractivity contribution in [1.29, 1.82) is 0 Å². The summed E-state index contributed by atoms with van der Waals surface area (Å²) in [4.78, 5) is 5.84. The van der Waals surface area contributed by atoms with Crippen molar-refractivity contribution in [2.45, 2.75) is 32.7 Å². The normalized spacial score (nSPS) is 11.5. The second-order valence-electron chi connectivity index (χ2n) is 4.04. The van der Waals surface area contributed by atoms with E-state index < -0.39 is 5.95 Å². The van der Waals surface area contributed by atoms with Gasteiger partial charge in [0.1, 0.15) is 5.82 Å². The molecule has 0 unspecified atom stereocenters. The Morgan fingerprint density at radius 1 is 1.43 bits per heavy atom. The molecule has 1 rings (SSSR count). The highest BCUT2D eigenvalue weighted by molar-refractivity contribution is 5.39. The van der Waals surface area contributed by atoms with E-state index in [2.05, 4.69) is 25.8 Å². The summed E-state index contributed by atoms with van der Waals surface area (Å²) in [5, 5.41) is 0. The number of pyridine rings is 1. The Morgan fingerprint density at radius 3 is 2.57 bits per heavy atom. The van der Waals surface area contributed by atoms with Crippen molar-refractivity contribution in [3.8, 4) is 0 Å². The van der Waals surface area contributed by atoms with Crippen LogP contribution < -0.4 is 4.90 Å². The van der Waals surface area contributed by atoms with Crippen LogP contribution in [0.25, 0.3) is 0 Å². The molecule has 1 aromatic rings. The molecular formula is C11H17FN2. The molecule has 0 aliphatic heterocycles. The number of nitrogens with zero attached hydrogens (tertiary/aromatic N) is 2. The van der Waals surface area contributed by atoms with Gasteiger partial charge in [-0.3, -0.25) is 0 Å². The number of halogens is 1. The Morgan fingerprint density at radius 2 is 2.07 bits per heavy atom. The minimum atomic E-state index is -0.429. The number of rotatable bonds is 3. The minimum Gasteiger partial charge on any atom is -0.354 e. The van der Waals surface area contributed by atoms with Crippen LogP contribution in [0.4, 0.5) is 10.2 Å². The van der Waals surface area contributed by atoms with Gasteiger partial charge in [-0.25, -0.2) is 4.98 Å². The van der Waals surface area contributed by atoms with E-state index in [1.54, 1.807) is 6.07 Å². The fourth-order valence-electron chi connectivity index (χ4n) is 1.13. The van der Waals surface area contributed by atoms with Gasteiger partial charge >= 0.3 is 0 Å². The molecule has 0 aromatic carbocycles. The number of aromatic nitrogens is 1. The van der Waals surface area contributed by atoms with Crippen LogP contribution >= 0.6 is 0 Å². The summed E-state index contributed by atoms with van der Waals surface area (Å²) in [5.74, 6) is 0.248. The summed E-state index contributed by atoms with van der Waals surface area (Å²) in [5.41, 5.74) is 0.000787. The van der Waals surface area contributed by atoms with Crippen LogP contribution in [0.3, 0.4) is 0 Å². The average molecular weight is 196 g/mol. The third-order valence-electron chi connectivity index (χ3n) is 2.82. The van der Waals surface area contributed by atoms with E-state index in [9.17, 15) is 4.39 Å². The van der Waals surface area contributed by atoms with Gasteiger partial charge in [-0.2, -0.15) is 4.39 Å². The summed E-state index contributed by atoms with van der Waals surface area (Å²) in [6, 6.07) is 4.86. The van der Waals surface area contributed by atoms with Crippen molar-refractivity contribution in [3.63, 3.8) is 0 Å².